The van der Waals surface area contributed by atoms with Crippen LogP contribution in [0, 0.1) is 0 Å². The van der Waals surface area contributed by atoms with E-state index in [1.807, 2.05) is 61.7 Å². The Balaban J connectivity index is 1.54. The summed E-state index contributed by atoms with van der Waals surface area (Å²) in [6.07, 6.45) is 6.23. The highest BCUT2D eigenvalue weighted by Crippen LogP contribution is 2.15. The molecular formula is C20H22N4O2. The minimum absolute atomic E-state index is 0.308. The Labute approximate surface area is 152 Å². The van der Waals surface area contributed by atoms with Gasteiger partial charge >= 0.3 is 0 Å². The standard InChI is InChI=1S/C20H22N4O2/c1-15(21-2)13-19-23-20(26-24-19)11-8-16-6-9-18(10-7-16)25-14-17-5-3-4-12-22-17/h3-12,15,21H,13-14H2,1-2H3/b11-8+. The molecule has 0 bridgehead atoms. The molecule has 1 unspecified atom stereocenters. The molecule has 0 saturated heterocycles. The van der Waals surface area contributed by atoms with Gasteiger partial charge in [-0.25, -0.2) is 0 Å². The highest BCUT2D eigenvalue weighted by Gasteiger charge is 2.07. The van der Waals surface area contributed by atoms with Crippen molar-refractivity contribution in [1.82, 2.24) is 20.4 Å². The Bertz CT molecular complexity index is 829. The summed E-state index contributed by atoms with van der Waals surface area (Å²) in [7, 11) is 1.91. The maximum Gasteiger partial charge on any atom is 0.250 e. The van der Waals surface area contributed by atoms with Crippen molar-refractivity contribution in [2.45, 2.75) is 26.0 Å². The molecule has 1 atom stereocenters. The predicted molar refractivity (Wildman–Crippen MR) is 100 cm³/mol. The van der Waals surface area contributed by atoms with E-state index in [0.717, 1.165) is 23.4 Å². The number of nitrogens with zero attached hydrogens (tertiary/aromatic N) is 3. The van der Waals surface area contributed by atoms with Gasteiger partial charge in [-0.1, -0.05) is 23.4 Å². The molecular weight excluding hydrogens is 328 g/mol. The van der Waals surface area contributed by atoms with Gasteiger partial charge in [0.2, 0.25) is 0 Å². The summed E-state index contributed by atoms with van der Waals surface area (Å²) in [5.74, 6) is 2.00. The summed E-state index contributed by atoms with van der Waals surface area (Å²) in [6, 6.07) is 13.9. The van der Waals surface area contributed by atoms with Crippen LogP contribution in [0.3, 0.4) is 0 Å². The van der Waals surface area contributed by atoms with E-state index in [1.54, 1.807) is 6.20 Å². The zero-order valence-corrected chi connectivity index (χ0v) is 14.9. The minimum atomic E-state index is 0.308. The molecule has 0 aliphatic heterocycles. The van der Waals surface area contributed by atoms with Gasteiger partial charge in [0.05, 0.1) is 5.69 Å². The quantitative estimate of drug-likeness (QED) is 0.671. The second-order valence-electron chi connectivity index (χ2n) is 5.95. The molecule has 1 N–H and O–H groups in total. The second kappa shape index (κ2) is 8.92. The Hall–Kier alpha value is -2.99. The fourth-order valence-electron chi connectivity index (χ4n) is 2.28. The summed E-state index contributed by atoms with van der Waals surface area (Å²) < 4.78 is 11.0. The number of aromatic nitrogens is 3. The molecule has 0 radical (unpaired) electrons. The molecule has 134 valence electrons. The van der Waals surface area contributed by atoms with Gasteiger partial charge in [0.15, 0.2) is 5.82 Å². The Morgan fingerprint density at radius 3 is 2.73 bits per heavy atom. The number of pyridine rings is 1. The molecule has 0 amide bonds. The lowest BCUT2D eigenvalue weighted by atomic mass is 10.2. The zero-order valence-electron chi connectivity index (χ0n) is 14.9. The molecule has 1 aromatic carbocycles. The normalized spacial score (nSPS) is 12.4. The summed E-state index contributed by atoms with van der Waals surface area (Å²) in [4.78, 5) is 8.59. The minimum Gasteiger partial charge on any atom is -0.487 e. The fraction of sp³-hybridized carbons (Fsp3) is 0.250. The highest BCUT2D eigenvalue weighted by molar-refractivity contribution is 5.66. The maximum atomic E-state index is 5.73. The first kappa shape index (κ1) is 17.8. The highest BCUT2D eigenvalue weighted by atomic mass is 16.5. The lowest BCUT2D eigenvalue weighted by Gasteiger charge is -2.05. The first-order valence-electron chi connectivity index (χ1n) is 8.53. The molecule has 0 spiro atoms. The first-order valence-corrected chi connectivity index (χ1v) is 8.53. The van der Waals surface area contributed by atoms with Crippen molar-refractivity contribution in [2.24, 2.45) is 0 Å². The average molecular weight is 350 g/mol. The van der Waals surface area contributed by atoms with Gasteiger partial charge in [-0.05, 0) is 49.9 Å². The van der Waals surface area contributed by atoms with Crippen molar-refractivity contribution in [3.63, 3.8) is 0 Å². The fourth-order valence-corrected chi connectivity index (χ4v) is 2.28. The monoisotopic (exact) mass is 350 g/mol. The summed E-state index contributed by atoms with van der Waals surface area (Å²) in [6.45, 7) is 2.52. The van der Waals surface area contributed by atoms with E-state index >= 15 is 0 Å². The van der Waals surface area contributed by atoms with Gasteiger partial charge in [-0.2, -0.15) is 4.98 Å². The summed E-state index contributed by atoms with van der Waals surface area (Å²) >= 11 is 0. The van der Waals surface area contributed by atoms with Crippen molar-refractivity contribution >= 4 is 12.2 Å². The van der Waals surface area contributed by atoms with E-state index in [-0.39, 0.29) is 0 Å². The van der Waals surface area contributed by atoms with Crippen LogP contribution in [0.25, 0.3) is 12.2 Å². The average Bonchev–Trinajstić information content (AvgIpc) is 3.13. The zero-order chi connectivity index (χ0) is 18.2. The molecule has 0 aliphatic carbocycles. The molecule has 3 aromatic rings. The van der Waals surface area contributed by atoms with Crippen LogP contribution in [0.15, 0.2) is 53.2 Å². The van der Waals surface area contributed by atoms with Crippen LogP contribution in [0.1, 0.15) is 29.9 Å². The maximum absolute atomic E-state index is 5.73. The van der Waals surface area contributed by atoms with Crippen molar-refractivity contribution in [3.8, 4) is 5.75 Å². The van der Waals surface area contributed by atoms with E-state index in [1.165, 1.54) is 0 Å². The Morgan fingerprint density at radius 2 is 2.00 bits per heavy atom. The van der Waals surface area contributed by atoms with E-state index < -0.39 is 0 Å². The number of likely N-dealkylation sites (N-methyl/N-ethyl adjacent to an activating group) is 1. The molecule has 0 saturated carbocycles. The number of ether oxygens (including phenoxy) is 1. The Kier molecular flexibility index (Phi) is 6.11. The SMILES string of the molecule is CNC(C)Cc1noc(/C=C/c2ccc(OCc3ccccn3)cc2)n1. The van der Waals surface area contributed by atoms with Crippen LogP contribution in [-0.4, -0.2) is 28.2 Å². The number of hydrogen-bond donors (Lipinski definition) is 1. The Morgan fingerprint density at radius 1 is 1.15 bits per heavy atom. The molecule has 3 rings (SSSR count). The summed E-state index contributed by atoms with van der Waals surface area (Å²) in [5.41, 5.74) is 1.93. The third-order valence-electron chi connectivity index (χ3n) is 3.88. The van der Waals surface area contributed by atoms with Gasteiger partial charge in [0.25, 0.3) is 5.89 Å². The van der Waals surface area contributed by atoms with Gasteiger partial charge in [-0.3, -0.25) is 4.98 Å². The van der Waals surface area contributed by atoms with E-state index in [2.05, 4.69) is 27.4 Å². The molecule has 26 heavy (non-hydrogen) atoms. The van der Waals surface area contributed by atoms with Gasteiger partial charge in [-0.15, -0.1) is 0 Å². The molecule has 0 aliphatic rings. The van der Waals surface area contributed by atoms with Crippen LogP contribution in [0.4, 0.5) is 0 Å². The third-order valence-corrected chi connectivity index (χ3v) is 3.88. The smallest absolute Gasteiger partial charge is 0.250 e. The van der Waals surface area contributed by atoms with E-state index in [0.29, 0.717) is 24.4 Å². The molecule has 2 heterocycles. The summed E-state index contributed by atoms with van der Waals surface area (Å²) in [5, 5.41) is 7.13. The topological polar surface area (TPSA) is 73.1 Å². The van der Waals surface area contributed by atoms with Crippen LogP contribution in [-0.2, 0) is 13.0 Å². The van der Waals surface area contributed by atoms with Crippen LogP contribution in [0.5, 0.6) is 5.75 Å². The second-order valence-corrected chi connectivity index (χ2v) is 5.95. The van der Waals surface area contributed by atoms with Crippen LogP contribution in [0.2, 0.25) is 0 Å². The van der Waals surface area contributed by atoms with Crippen molar-refractivity contribution in [2.75, 3.05) is 7.05 Å². The lowest BCUT2D eigenvalue weighted by molar-refractivity contribution is 0.301. The molecule has 6 nitrogen and oxygen atoms in total. The lowest BCUT2D eigenvalue weighted by Crippen LogP contribution is -2.24. The predicted octanol–water partition coefficient (Wildman–Crippen LogP) is 3.36. The number of nitrogens with one attached hydrogen (secondary N) is 1. The van der Waals surface area contributed by atoms with Crippen LogP contribution >= 0.6 is 0 Å². The van der Waals surface area contributed by atoms with Crippen molar-refractivity contribution in [1.29, 1.82) is 0 Å². The molecule has 2 aromatic heterocycles. The van der Waals surface area contributed by atoms with Crippen molar-refractivity contribution < 1.29 is 9.26 Å². The van der Waals surface area contributed by atoms with E-state index in [4.69, 9.17) is 9.26 Å². The number of benzene rings is 1. The largest absolute Gasteiger partial charge is 0.487 e. The van der Waals surface area contributed by atoms with Gasteiger partial charge in [0, 0.05) is 24.7 Å². The van der Waals surface area contributed by atoms with Crippen LogP contribution < -0.4 is 10.1 Å². The number of rotatable bonds is 8. The van der Waals surface area contributed by atoms with Crippen molar-refractivity contribution in [3.05, 3.63) is 71.6 Å². The molecule has 6 heteroatoms. The van der Waals surface area contributed by atoms with Gasteiger partial charge < -0.3 is 14.6 Å². The van der Waals surface area contributed by atoms with Gasteiger partial charge in [0.1, 0.15) is 12.4 Å². The van der Waals surface area contributed by atoms with E-state index in [9.17, 15) is 0 Å². The third kappa shape index (κ3) is 5.26. The molecule has 0 fully saturated rings. The number of hydrogen-bond acceptors (Lipinski definition) is 6. The first-order chi connectivity index (χ1) is 12.7.